The average molecular weight is 639 g/mol. The molecule has 46 heavy (non-hydrogen) atoms. The average Bonchev–Trinajstić information content (AvgIpc) is 3.76. The molecule has 0 radical (unpaired) electrons. The van der Waals surface area contributed by atoms with Gasteiger partial charge in [-0.15, -0.1) is 22.7 Å². The van der Waals surface area contributed by atoms with E-state index in [4.69, 9.17) is 9.97 Å². The number of anilines is 6. The van der Waals surface area contributed by atoms with E-state index in [1.807, 2.05) is 24.5 Å². The monoisotopic (exact) mass is 638 g/mol. The molecule has 0 amide bonds. The van der Waals surface area contributed by atoms with Crippen LogP contribution in [0.4, 0.5) is 33.0 Å². The van der Waals surface area contributed by atoms with E-state index in [1.165, 1.54) is 32.7 Å². The van der Waals surface area contributed by atoms with E-state index < -0.39 is 0 Å². The van der Waals surface area contributed by atoms with Crippen molar-refractivity contribution in [2.75, 3.05) is 9.80 Å². The van der Waals surface area contributed by atoms with Crippen LogP contribution >= 0.6 is 22.7 Å². The third-order valence-electron chi connectivity index (χ3n) is 8.31. The van der Waals surface area contributed by atoms with Gasteiger partial charge in [0.25, 0.3) is 0 Å². The van der Waals surface area contributed by atoms with Crippen molar-refractivity contribution >= 4 is 77.2 Å². The van der Waals surface area contributed by atoms with Crippen molar-refractivity contribution in [3.8, 4) is 0 Å². The Bertz CT molecular complexity index is 1950. The molecular formula is C40H38N4S2. The van der Waals surface area contributed by atoms with Crippen LogP contribution in [0.1, 0.15) is 52.7 Å². The molecule has 3 aromatic carbocycles. The van der Waals surface area contributed by atoms with Crippen molar-refractivity contribution in [3.63, 3.8) is 0 Å². The van der Waals surface area contributed by atoms with Crippen molar-refractivity contribution in [2.24, 2.45) is 0 Å². The maximum atomic E-state index is 4.77. The summed E-state index contributed by atoms with van der Waals surface area (Å²) < 4.78 is 0. The molecule has 4 aromatic heterocycles. The summed E-state index contributed by atoms with van der Waals surface area (Å²) in [6, 6.07) is 34.7. The van der Waals surface area contributed by atoms with E-state index in [-0.39, 0.29) is 10.8 Å². The Morgan fingerprint density at radius 3 is 1.24 bits per heavy atom. The summed E-state index contributed by atoms with van der Waals surface area (Å²) in [5.74, 6) is 1.82. The van der Waals surface area contributed by atoms with Crippen LogP contribution in [0, 0.1) is 0 Å². The topological polar surface area (TPSA) is 32.3 Å². The molecule has 0 aliphatic rings. The van der Waals surface area contributed by atoms with Gasteiger partial charge in [-0.25, -0.2) is 9.97 Å². The van der Waals surface area contributed by atoms with Gasteiger partial charge >= 0.3 is 0 Å². The summed E-state index contributed by atoms with van der Waals surface area (Å²) in [7, 11) is 0. The Morgan fingerprint density at radius 1 is 0.478 bits per heavy atom. The summed E-state index contributed by atoms with van der Waals surface area (Å²) >= 11 is 3.45. The van der Waals surface area contributed by atoms with Gasteiger partial charge in [0.05, 0.1) is 0 Å². The number of nitrogens with zero attached hydrogens (tertiary/aromatic N) is 4. The molecule has 0 aliphatic heterocycles. The number of benzene rings is 3. The van der Waals surface area contributed by atoms with Crippen LogP contribution in [0.15, 0.2) is 120 Å². The number of fused-ring (bicyclic) bond motifs is 2. The molecule has 4 heterocycles. The minimum absolute atomic E-state index is 0.111. The first-order valence-corrected chi connectivity index (χ1v) is 17.4. The van der Waals surface area contributed by atoms with Gasteiger partial charge in [0.2, 0.25) is 0 Å². The summed E-state index contributed by atoms with van der Waals surface area (Å²) in [5, 5.41) is 11.7. The van der Waals surface area contributed by atoms with Gasteiger partial charge in [-0.1, -0.05) is 65.8 Å². The zero-order valence-electron chi connectivity index (χ0n) is 27.2. The van der Waals surface area contributed by atoms with E-state index in [9.17, 15) is 0 Å². The predicted molar refractivity (Wildman–Crippen MR) is 200 cm³/mol. The van der Waals surface area contributed by atoms with Crippen molar-refractivity contribution in [3.05, 3.63) is 131 Å². The first kappa shape index (κ1) is 30.2. The lowest BCUT2D eigenvalue weighted by atomic mass is 9.74. The molecule has 0 N–H and O–H groups in total. The first-order valence-electron chi connectivity index (χ1n) is 15.6. The number of hydrogen-bond acceptors (Lipinski definition) is 6. The molecule has 0 fully saturated rings. The lowest BCUT2D eigenvalue weighted by molar-refractivity contribution is 0.593. The Morgan fingerprint density at radius 2 is 0.913 bits per heavy atom. The second-order valence-corrected chi connectivity index (χ2v) is 15.5. The number of hydrogen-bond donors (Lipinski definition) is 0. The highest BCUT2D eigenvalue weighted by Crippen LogP contribution is 2.48. The molecule has 7 rings (SSSR count). The second-order valence-electron chi connectivity index (χ2n) is 13.7. The van der Waals surface area contributed by atoms with E-state index >= 15 is 0 Å². The van der Waals surface area contributed by atoms with Gasteiger partial charge in [-0.2, -0.15) is 0 Å². The number of thiophene rings is 2. The third kappa shape index (κ3) is 5.46. The normalized spacial score (nSPS) is 12.1. The van der Waals surface area contributed by atoms with E-state index in [0.717, 1.165) is 33.0 Å². The van der Waals surface area contributed by atoms with E-state index in [2.05, 4.69) is 147 Å². The summed E-state index contributed by atoms with van der Waals surface area (Å²) in [6.45, 7) is 14.0. The minimum Gasteiger partial charge on any atom is -0.286 e. The molecule has 0 bridgehead atoms. The second kappa shape index (κ2) is 11.7. The van der Waals surface area contributed by atoms with Crippen molar-refractivity contribution < 1.29 is 0 Å². The standard InChI is InChI=1S/C40H38N4S2/c1-39(2,3)37-29-19-17-28(44(36-16-12-24-46-36)34-14-8-10-22-42-34)26-32(29)38(40(4,5)6)30-20-18-27(25-31(30)37)43(35-15-11-23-45-35)33-13-7-9-21-41-33/h7-26H,1-6H3. The molecule has 0 aliphatic carbocycles. The van der Waals surface area contributed by atoms with Gasteiger partial charge in [-0.3, -0.25) is 9.80 Å². The smallest absolute Gasteiger partial charge is 0.138 e. The van der Waals surface area contributed by atoms with Crippen LogP contribution < -0.4 is 9.80 Å². The maximum Gasteiger partial charge on any atom is 0.138 e. The van der Waals surface area contributed by atoms with E-state index in [0.29, 0.717) is 0 Å². The van der Waals surface area contributed by atoms with Crippen LogP contribution in [0.3, 0.4) is 0 Å². The van der Waals surface area contributed by atoms with Crippen molar-refractivity contribution in [1.82, 2.24) is 9.97 Å². The highest BCUT2D eigenvalue weighted by atomic mass is 32.1. The van der Waals surface area contributed by atoms with Crippen LogP contribution in [-0.4, -0.2) is 9.97 Å². The largest absolute Gasteiger partial charge is 0.286 e. The molecular weight excluding hydrogens is 601 g/mol. The molecule has 0 spiro atoms. The van der Waals surface area contributed by atoms with E-state index in [1.54, 1.807) is 22.7 Å². The van der Waals surface area contributed by atoms with Crippen LogP contribution in [0.2, 0.25) is 0 Å². The minimum atomic E-state index is -0.111. The molecule has 0 saturated carbocycles. The van der Waals surface area contributed by atoms with Gasteiger partial charge < -0.3 is 0 Å². The maximum absolute atomic E-state index is 4.77. The Labute approximate surface area is 279 Å². The Hall–Kier alpha value is -4.52. The zero-order chi connectivity index (χ0) is 32.1. The lowest BCUT2D eigenvalue weighted by Crippen LogP contribution is -2.18. The molecule has 6 heteroatoms. The van der Waals surface area contributed by atoms with Gasteiger partial charge in [0.15, 0.2) is 0 Å². The van der Waals surface area contributed by atoms with Gasteiger partial charge in [0, 0.05) is 23.8 Å². The fourth-order valence-corrected chi connectivity index (χ4v) is 8.13. The molecule has 230 valence electrons. The third-order valence-corrected chi connectivity index (χ3v) is 10.0. The van der Waals surface area contributed by atoms with Crippen LogP contribution in [-0.2, 0) is 10.8 Å². The van der Waals surface area contributed by atoms with Gasteiger partial charge in [-0.05, 0) is 127 Å². The molecule has 7 aromatic rings. The molecule has 4 nitrogen and oxygen atoms in total. The summed E-state index contributed by atoms with van der Waals surface area (Å²) in [5.41, 5.74) is 4.70. The highest BCUT2D eigenvalue weighted by molar-refractivity contribution is 7.14. The molecule has 0 unspecified atom stereocenters. The SMILES string of the molecule is CC(C)(C)c1c2ccc(N(c3ccccn3)c3cccs3)cc2c(C(C)(C)C)c2ccc(N(c3ccccn3)c3cccs3)cc12. The highest BCUT2D eigenvalue weighted by Gasteiger charge is 2.29. The van der Waals surface area contributed by atoms with Crippen LogP contribution in [0.25, 0.3) is 21.5 Å². The fourth-order valence-electron chi connectivity index (χ4n) is 6.61. The fraction of sp³-hybridized carbons (Fsp3) is 0.200. The van der Waals surface area contributed by atoms with Crippen molar-refractivity contribution in [1.29, 1.82) is 0 Å². The summed E-state index contributed by atoms with van der Waals surface area (Å²) in [6.07, 6.45) is 3.73. The molecule has 0 saturated heterocycles. The number of rotatable bonds is 6. The summed E-state index contributed by atoms with van der Waals surface area (Å²) in [4.78, 5) is 14.1. The Kier molecular flexibility index (Phi) is 7.66. The predicted octanol–water partition coefficient (Wildman–Crippen LogP) is 12.4. The number of pyridine rings is 2. The zero-order valence-corrected chi connectivity index (χ0v) is 28.8. The van der Waals surface area contributed by atoms with Crippen LogP contribution in [0.5, 0.6) is 0 Å². The first-order chi connectivity index (χ1) is 22.1. The molecule has 0 atom stereocenters. The Balaban J connectivity index is 1.54. The quantitative estimate of drug-likeness (QED) is 0.170. The van der Waals surface area contributed by atoms with Gasteiger partial charge in [0.1, 0.15) is 21.6 Å². The number of aromatic nitrogens is 2. The van der Waals surface area contributed by atoms with Crippen molar-refractivity contribution in [2.45, 2.75) is 52.4 Å². The lowest BCUT2D eigenvalue weighted by Gasteiger charge is -2.32.